The third-order valence-corrected chi connectivity index (χ3v) is 5.69. The van der Waals surface area contributed by atoms with Crippen LogP contribution in [0.3, 0.4) is 0 Å². The first-order valence-corrected chi connectivity index (χ1v) is 9.35. The van der Waals surface area contributed by atoms with Crippen LogP contribution in [0, 0.1) is 24.1 Å². The van der Waals surface area contributed by atoms with E-state index in [9.17, 15) is 9.65 Å². The number of aromatic nitrogens is 2. The van der Waals surface area contributed by atoms with Gasteiger partial charge < -0.3 is 5.32 Å². The first-order valence-electron chi connectivity index (χ1n) is 8.54. The third-order valence-electron chi connectivity index (χ3n) is 4.51. The molecule has 1 unspecified atom stereocenters. The summed E-state index contributed by atoms with van der Waals surface area (Å²) in [6.07, 6.45) is 3.00. The van der Waals surface area contributed by atoms with Crippen LogP contribution >= 0.6 is 11.3 Å². The summed E-state index contributed by atoms with van der Waals surface area (Å²) in [5, 5.41) is 13.7. The van der Waals surface area contributed by atoms with Gasteiger partial charge in [0.1, 0.15) is 22.7 Å². The van der Waals surface area contributed by atoms with E-state index in [0.29, 0.717) is 11.4 Å². The highest BCUT2D eigenvalue weighted by Gasteiger charge is 2.26. The molecular formula is C20H17FN4S. The standard InChI is InChI=1S/C20H17FN4S/c1-12-5-6-14(11-22)19(23-12)24-16-3-2-4-17-18(16)25-20(26-17)13-7-9-15(21)10-8-13/h5-10,16H,2-4H2,1H3,(H,23,24). The van der Waals surface area contributed by atoms with E-state index >= 15 is 0 Å². The molecular weight excluding hydrogens is 347 g/mol. The SMILES string of the molecule is Cc1ccc(C#N)c(NC2CCCc3sc(-c4ccc(F)cc4)nc32)n1. The molecule has 1 aromatic carbocycles. The van der Waals surface area contributed by atoms with Crippen LogP contribution in [0.5, 0.6) is 0 Å². The lowest BCUT2D eigenvalue weighted by Gasteiger charge is -2.23. The Bertz CT molecular complexity index is 988. The van der Waals surface area contributed by atoms with Crippen molar-refractivity contribution in [1.82, 2.24) is 9.97 Å². The quantitative estimate of drug-likeness (QED) is 0.709. The average molecular weight is 364 g/mol. The van der Waals surface area contributed by atoms with E-state index in [4.69, 9.17) is 4.98 Å². The molecule has 0 radical (unpaired) electrons. The average Bonchev–Trinajstić information content (AvgIpc) is 3.08. The maximum absolute atomic E-state index is 13.2. The zero-order valence-electron chi connectivity index (χ0n) is 14.3. The van der Waals surface area contributed by atoms with Crippen LogP contribution in [0.15, 0.2) is 36.4 Å². The molecule has 0 aliphatic heterocycles. The molecule has 1 aliphatic rings. The van der Waals surface area contributed by atoms with Crippen molar-refractivity contribution >= 4 is 17.2 Å². The summed E-state index contributed by atoms with van der Waals surface area (Å²) in [5.74, 6) is 0.367. The number of anilines is 1. The second-order valence-electron chi connectivity index (χ2n) is 6.38. The van der Waals surface area contributed by atoms with Gasteiger partial charge in [-0.25, -0.2) is 14.4 Å². The summed E-state index contributed by atoms with van der Waals surface area (Å²) in [6, 6.07) is 12.3. The fourth-order valence-electron chi connectivity index (χ4n) is 3.20. The Morgan fingerprint density at radius 3 is 2.77 bits per heavy atom. The lowest BCUT2D eigenvalue weighted by Crippen LogP contribution is -2.18. The number of rotatable bonds is 3. The molecule has 4 rings (SSSR count). The molecule has 26 heavy (non-hydrogen) atoms. The minimum absolute atomic E-state index is 0.0330. The van der Waals surface area contributed by atoms with Gasteiger partial charge in [-0.1, -0.05) is 0 Å². The zero-order chi connectivity index (χ0) is 18.1. The molecule has 0 amide bonds. The molecule has 0 spiro atoms. The number of thiazole rings is 1. The fourth-order valence-corrected chi connectivity index (χ4v) is 4.37. The Labute approximate surface area is 155 Å². The van der Waals surface area contributed by atoms with Crippen molar-refractivity contribution in [3.63, 3.8) is 0 Å². The van der Waals surface area contributed by atoms with Crippen LogP contribution in [0.1, 0.15) is 40.7 Å². The van der Waals surface area contributed by atoms with E-state index in [2.05, 4.69) is 16.4 Å². The van der Waals surface area contributed by atoms with Crippen molar-refractivity contribution in [2.24, 2.45) is 0 Å². The summed E-state index contributed by atoms with van der Waals surface area (Å²) in [7, 11) is 0. The predicted molar refractivity (Wildman–Crippen MR) is 100 cm³/mol. The van der Waals surface area contributed by atoms with Crippen LogP contribution in [0.4, 0.5) is 10.2 Å². The molecule has 6 heteroatoms. The van der Waals surface area contributed by atoms with Gasteiger partial charge in [0.2, 0.25) is 0 Å². The van der Waals surface area contributed by atoms with E-state index in [1.54, 1.807) is 29.5 Å². The largest absolute Gasteiger partial charge is 0.361 e. The highest BCUT2D eigenvalue weighted by molar-refractivity contribution is 7.15. The van der Waals surface area contributed by atoms with Gasteiger partial charge in [-0.3, -0.25) is 0 Å². The van der Waals surface area contributed by atoms with E-state index in [1.165, 1.54) is 17.0 Å². The van der Waals surface area contributed by atoms with E-state index in [-0.39, 0.29) is 11.9 Å². The minimum Gasteiger partial charge on any atom is -0.361 e. The van der Waals surface area contributed by atoms with E-state index in [1.807, 2.05) is 13.0 Å². The van der Waals surface area contributed by atoms with Gasteiger partial charge in [0.25, 0.3) is 0 Å². The molecule has 4 nitrogen and oxygen atoms in total. The second kappa shape index (κ2) is 6.85. The Morgan fingerprint density at radius 2 is 2.00 bits per heavy atom. The van der Waals surface area contributed by atoms with Crippen molar-refractivity contribution in [3.05, 3.63) is 64.0 Å². The van der Waals surface area contributed by atoms with Crippen molar-refractivity contribution in [2.75, 3.05) is 5.32 Å². The molecule has 0 fully saturated rings. The highest BCUT2D eigenvalue weighted by Crippen LogP contribution is 2.38. The summed E-state index contributed by atoms with van der Waals surface area (Å²) in [5.41, 5.74) is 3.35. The lowest BCUT2D eigenvalue weighted by molar-refractivity contribution is 0.592. The molecule has 1 N–H and O–H groups in total. The third kappa shape index (κ3) is 3.18. The summed E-state index contributed by atoms with van der Waals surface area (Å²) >= 11 is 1.66. The molecule has 1 atom stereocenters. The van der Waals surface area contributed by atoms with Crippen molar-refractivity contribution in [1.29, 1.82) is 5.26 Å². The Morgan fingerprint density at radius 1 is 1.19 bits per heavy atom. The fraction of sp³-hybridized carbons (Fsp3) is 0.250. The monoisotopic (exact) mass is 364 g/mol. The molecule has 2 heterocycles. The van der Waals surface area contributed by atoms with E-state index in [0.717, 1.165) is 41.2 Å². The Hall–Kier alpha value is -2.78. The number of halogens is 1. The number of pyridine rings is 1. The number of benzene rings is 1. The maximum atomic E-state index is 13.2. The smallest absolute Gasteiger partial charge is 0.144 e. The van der Waals surface area contributed by atoms with Crippen molar-refractivity contribution < 1.29 is 4.39 Å². The summed E-state index contributed by atoms with van der Waals surface area (Å²) in [6.45, 7) is 1.91. The van der Waals surface area contributed by atoms with Gasteiger partial charge in [-0.2, -0.15) is 5.26 Å². The number of hydrogen-bond acceptors (Lipinski definition) is 5. The topological polar surface area (TPSA) is 61.6 Å². The number of nitrogens with one attached hydrogen (secondary N) is 1. The Balaban J connectivity index is 1.67. The van der Waals surface area contributed by atoms with Crippen LogP contribution in [0.2, 0.25) is 0 Å². The summed E-state index contributed by atoms with van der Waals surface area (Å²) in [4.78, 5) is 10.6. The van der Waals surface area contributed by atoms with Crippen LogP contribution < -0.4 is 5.32 Å². The zero-order valence-corrected chi connectivity index (χ0v) is 15.1. The molecule has 0 bridgehead atoms. The number of nitriles is 1. The molecule has 0 saturated carbocycles. The molecule has 3 aromatic rings. The predicted octanol–water partition coefficient (Wildman–Crippen LogP) is 5.01. The number of fused-ring (bicyclic) bond motifs is 1. The molecule has 1 aliphatic carbocycles. The van der Waals surface area contributed by atoms with Crippen LogP contribution in [0.25, 0.3) is 10.6 Å². The van der Waals surface area contributed by atoms with Gasteiger partial charge in [0.15, 0.2) is 0 Å². The highest BCUT2D eigenvalue weighted by atomic mass is 32.1. The van der Waals surface area contributed by atoms with Gasteiger partial charge in [-0.05, 0) is 62.6 Å². The van der Waals surface area contributed by atoms with Gasteiger partial charge in [0, 0.05) is 16.1 Å². The van der Waals surface area contributed by atoms with E-state index < -0.39 is 0 Å². The first-order chi connectivity index (χ1) is 12.6. The van der Waals surface area contributed by atoms with Gasteiger partial charge in [-0.15, -0.1) is 11.3 Å². The first kappa shape index (κ1) is 16.7. The van der Waals surface area contributed by atoms with Crippen molar-refractivity contribution in [2.45, 2.75) is 32.2 Å². The normalized spacial score (nSPS) is 16.0. The maximum Gasteiger partial charge on any atom is 0.144 e. The van der Waals surface area contributed by atoms with Crippen LogP contribution in [-0.4, -0.2) is 9.97 Å². The lowest BCUT2D eigenvalue weighted by atomic mass is 9.97. The van der Waals surface area contributed by atoms with Crippen molar-refractivity contribution in [3.8, 4) is 16.6 Å². The van der Waals surface area contributed by atoms with Gasteiger partial charge >= 0.3 is 0 Å². The van der Waals surface area contributed by atoms with Crippen LogP contribution in [-0.2, 0) is 6.42 Å². The second-order valence-corrected chi connectivity index (χ2v) is 7.47. The molecule has 0 saturated heterocycles. The number of hydrogen-bond donors (Lipinski definition) is 1. The number of aryl methyl sites for hydroxylation is 2. The molecule has 2 aromatic heterocycles. The molecule has 130 valence electrons. The minimum atomic E-state index is -0.246. The Kier molecular flexibility index (Phi) is 4.39. The van der Waals surface area contributed by atoms with Gasteiger partial charge in [0.05, 0.1) is 17.3 Å². The number of nitrogens with zero attached hydrogens (tertiary/aromatic N) is 3. The summed E-state index contributed by atoms with van der Waals surface area (Å²) < 4.78 is 13.2.